The predicted octanol–water partition coefficient (Wildman–Crippen LogP) is 3.70. The van der Waals surface area contributed by atoms with Crippen molar-refractivity contribution in [2.24, 2.45) is 5.92 Å². The topological polar surface area (TPSA) is 17.8 Å². The van der Waals surface area contributed by atoms with E-state index in [0.717, 1.165) is 18.1 Å². The summed E-state index contributed by atoms with van der Waals surface area (Å²) in [5, 5.41) is 1.79. The first-order valence-electron chi connectivity index (χ1n) is 5.05. The van der Waals surface area contributed by atoms with Crippen molar-refractivity contribution >= 4 is 45.2 Å². The second-order valence-electron chi connectivity index (χ2n) is 4.08. The molecular formula is C11H10ClIN2. The number of fused-ring (bicyclic) bond motifs is 1. The number of hydrogen-bond donors (Lipinski definition) is 0. The molecule has 0 spiro atoms. The van der Waals surface area contributed by atoms with Gasteiger partial charge in [-0.1, -0.05) is 11.6 Å². The minimum absolute atomic E-state index is 0.578. The van der Waals surface area contributed by atoms with Crippen molar-refractivity contribution in [1.82, 2.24) is 9.55 Å². The van der Waals surface area contributed by atoms with Crippen LogP contribution in [0.3, 0.4) is 0 Å². The molecular weight excluding hydrogens is 322 g/mol. The maximum absolute atomic E-state index is 5.93. The summed E-state index contributed by atoms with van der Waals surface area (Å²) >= 11 is 8.28. The molecule has 1 saturated carbocycles. The zero-order chi connectivity index (χ0) is 10.4. The largest absolute Gasteiger partial charge is 0.331 e. The molecule has 78 valence electrons. The van der Waals surface area contributed by atoms with E-state index in [-0.39, 0.29) is 0 Å². The Morgan fingerprint density at radius 2 is 2.27 bits per heavy atom. The van der Waals surface area contributed by atoms with Gasteiger partial charge >= 0.3 is 0 Å². The number of hydrogen-bond acceptors (Lipinski definition) is 1. The molecule has 0 bridgehead atoms. The average Bonchev–Trinajstić information content (AvgIpc) is 2.95. The van der Waals surface area contributed by atoms with Crippen LogP contribution in [-0.2, 0) is 6.54 Å². The summed E-state index contributed by atoms with van der Waals surface area (Å²) in [7, 11) is 0. The van der Waals surface area contributed by atoms with Crippen LogP contribution in [0.25, 0.3) is 11.0 Å². The molecule has 0 N–H and O–H groups in total. The summed E-state index contributed by atoms with van der Waals surface area (Å²) in [5.74, 6) is 0.859. The lowest BCUT2D eigenvalue weighted by Crippen LogP contribution is -1.98. The van der Waals surface area contributed by atoms with Crippen molar-refractivity contribution in [1.29, 1.82) is 0 Å². The predicted molar refractivity (Wildman–Crippen MR) is 70.2 cm³/mol. The first-order valence-corrected chi connectivity index (χ1v) is 6.50. The van der Waals surface area contributed by atoms with Gasteiger partial charge in [0, 0.05) is 21.7 Å². The summed E-state index contributed by atoms with van der Waals surface area (Å²) in [5.41, 5.74) is 1.03. The third kappa shape index (κ3) is 1.87. The monoisotopic (exact) mass is 332 g/mol. The van der Waals surface area contributed by atoms with Gasteiger partial charge in [0.05, 0.1) is 0 Å². The lowest BCUT2D eigenvalue weighted by atomic mass is 10.3. The first kappa shape index (κ1) is 9.90. The SMILES string of the molecule is Clc1ccc2c(I)cn(CC3CC3)c2n1. The molecule has 0 atom stereocenters. The van der Waals surface area contributed by atoms with Gasteiger partial charge in [-0.25, -0.2) is 4.98 Å². The first-order chi connectivity index (χ1) is 7.24. The van der Waals surface area contributed by atoms with Crippen LogP contribution in [-0.4, -0.2) is 9.55 Å². The van der Waals surface area contributed by atoms with Gasteiger partial charge in [-0.3, -0.25) is 0 Å². The molecule has 0 radical (unpaired) electrons. The summed E-state index contributed by atoms with van der Waals surface area (Å²) < 4.78 is 3.49. The van der Waals surface area contributed by atoms with Crippen LogP contribution < -0.4 is 0 Å². The molecule has 1 aliphatic rings. The van der Waals surface area contributed by atoms with Gasteiger partial charge in [-0.15, -0.1) is 0 Å². The molecule has 1 fully saturated rings. The van der Waals surface area contributed by atoms with Gasteiger partial charge in [0.15, 0.2) is 0 Å². The molecule has 2 aromatic rings. The Bertz CT molecular complexity index is 517. The fraction of sp³-hybridized carbons (Fsp3) is 0.364. The highest BCUT2D eigenvalue weighted by Crippen LogP contribution is 2.33. The summed E-state index contributed by atoms with van der Waals surface area (Å²) in [6, 6.07) is 3.91. The average molecular weight is 333 g/mol. The van der Waals surface area contributed by atoms with Crippen LogP contribution in [0.2, 0.25) is 5.15 Å². The van der Waals surface area contributed by atoms with E-state index in [1.54, 1.807) is 0 Å². The Morgan fingerprint density at radius 1 is 1.47 bits per heavy atom. The molecule has 0 saturated heterocycles. The van der Waals surface area contributed by atoms with Crippen molar-refractivity contribution in [3.63, 3.8) is 0 Å². The van der Waals surface area contributed by atoms with E-state index in [1.165, 1.54) is 21.8 Å². The molecule has 2 nitrogen and oxygen atoms in total. The Hall–Kier alpha value is -0.290. The molecule has 0 aromatic carbocycles. The van der Waals surface area contributed by atoms with Gasteiger partial charge in [0.1, 0.15) is 10.8 Å². The Kier molecular flexibility index (Phi) is 2.39. The molecule has 4 heteroatoms. The molecule has 1 aliphatic carbocycles. The minimum Gasteiger partial charge on any atom is -0.331 e. The van der Waals surface area contributed by atoms with Crippen LogP contribution >= 0.6 is 34.2 Å². The standard InChI is InChI=1S/C11H10ClIN2/c12-10-4-3-8-9(13)6-15(11(8)14-10)5-7-1-2-7/h3-4,6-7H,1-2,5H2. The Morgan fingerprint density at radius 3 is 3.00 bits per heavy atom. The molecule has 0 aliphatic heterocycles. The van der Waals surface area contributed by atoms with E-state index < -0.39 is 0 Å². The lowest BCUT2D eigenvalue weighted by Gasteiger charge is -2.02. The maximum Gasteiger partial charge on any atom is 0.142 e. The van der Waals surface area contributed by atoms with E-state index >= 15 is 0 Å². The number of nitrogens with zero attached hydrogens (tertiary/aromatic N) is 2. The highest BCUT2D eigenvalue weighted by atomic mass is 127. The van der Waals surface area contributed by atoms with E-state index in [9.17, 15) is 0 Å². The number of pyridine rings is 1. The highest BCUT2D eigenvalue weighted by molar-refractivity contribution is 14.1. The fourth-order valence-corrected chi connectivity index (χ4v) is 2.72. The normalized spacial score (nSPS) is 16.1. The highest BCUT2D eigenvalue weighted by Gasteiger charge is 2.23. The van der Waals surface area contributed by atoms with Crippen molar-refractivity contribution in [3.8, 4) is 0 Å². The Balaban J connectivity index is 2.14. The van der Waals surface area contributed by atoms with Crippen LogP contribution in [0.1, 0.15) is 12.8 Å². The third-order valence-electron chi connectivity index (χ3n) is 2.79. The van der Waals surface area contributed by atoms with Crippen molar-refractivity contribution in [2.75, 3.05) is 0 Å². The van der Waals surface area contributed by atoms with Crippen LogP contribution in [0.4, 0.5) is 0 Å². The molecule has 0 amide bonds. The van der Waals surface area contributed by atoms with Gasteiger partial charge in [0.25, 0.3) is 0 Å². The van der Waals surface area contributed by atoms with Gasteiger partial charge in [0.2, 0.25) is 0 Å². The van der Waals surface area contributed by atoms with Crippen LogP contribution in [0.5, 0.6) is 0 Å². The summed E-state index contributed by atoms with van der Waals surface area (Å²) in [6.45, 7) is 1.09. The quantitative estimate of drug-likeness (QED) is 0.605. The number of rotatable bonds is 2. The summed E-state index contributed by atoms with van der Waals surface area (Å²) in [4.78, 5) is 4.40. The van der Waals surface area contributed by atoms with Gasteiger partial charge < -0.3 is 4.57 Å². The molecule has 2 heterocycles. The fourth-order valence-electron chi connectivity index (χ4n) is 1.82. The second-order valence-corrected chi connectivity index (χ2v) is 5.63. The van der Waals surface area contributed by atoms with Crippen molar-refractivity contribution in [3.05, 3.63) is 27.1 Å². The molecule has 3 rings (SSSR count). The van der Waals surface area contributed by atoms with E-state index in [1.807, 2.05) is 6.07 Å². The molecule has 15 heavy (non-hydrogen) atoms. The Labute approximate surface area is 107 Å². The number of halogens is 2. The zero-order valence-corrected chi connectivity index (χ0v) is 11.0. The van der Waals surface area contributed by atoms with Crippen molar-refractivity contribution < 1.29 is 0 Å². The molecule has 0 unspecified atom stereocenters. The van der Waals surface area contributed by atoms with E-state index in [0.29, 0.717) is 5.15 Å². The van der Waals surface area contributed by atoms with Crippen LogP contribution in [0.15, 0.2) is 18.3 Å². The third-order valence-corrected chi connectivity index (χ3v) is 3.86. The van der Waals surface area contributed by atoms with Gasteiger partial charge in [-0.2, -0.15) is 0 Å². The summed E-state index contributed by atoms with van der Waals surface area (Å²) in [6.07, 6.45) is 4.89. The lowest BCUT2D eigenvalue weighted by molar-refractivity contribution is 0.642. The van der Waals surface area contributed by atoms with E-state index in [4.69, 9.17) is 11.6 Å². The maximum atomic E-state index is 5.93. The van der Waals surface area contributed by atoms with E-state index in [2.05, 4.69) is 44.4 Å². The minimum atomic E-state index is 0.578. The molecule has 2 aromatic heterocycles. The number of aromatic nitrogens is 2. The van der Waals surface area contributed by atoms with Crippen LogP contribution in [0, 0.1) is 9.49 Å². The van der Waals surface area contributed by atoms with Gasteiger partial charge in [-0.05, 0) is 53.5 Å². The van der Waals surface area contributed by atoms with Crippen molar-refractivity contribution in [2.45, 2.75) is 19.4 Å². The smallest absolute Gasteiger partial charge is 0.142 e. The second kappa shape index (κ2) is 3.63. The zero-order valence-electron chi connectivity index (χ0n) is 8.08.